The Bertz CT molecular complexity index is 597. The molecule has 1 aliphatic heterocycles. The molecule has 2 rings (SSSR count). The molecule has 0 aliphatic carbocycles. The average molecular weight is 293 g/mol. The first-order chi connectivity index (χ1) is 9.77. The highest BCUT2D eigenvalue weighted by Gasteiger charge is 2.48. The van der Waals surface area contributed by atoms with Crippen LogP contribution in [0.3, 0.4) is 0 Å². The van der Waals surface area contributed by atoms with E-state index in [2.05, 4.69) is 5.32 Å². The third kappa shape index (κ3) is 2.16. The van der Waals surface area contributed by atoms with Crippen LogP contribution in [0.15, 0.2) is 0 Å². The SMILES string of the molecule is CNC(=O)C1(C)Oc2c(C)c(C)c(O)c(C)c2CC1OC. The number of hydrogen-bond donors (Lipinski definition) is 2. The molecule has 0 spiro atoms. The van der Waals surface area contributed by atoms with Crippen LogP contribution in [0.1, 0.15) is 29.2 Å². The minimum atomic E-state index is -1.09. The van der Waals surface area contributed by atoms with E-state index in [1.807, 2.05) is 20.8 Å². The molecule has 2 N–H and O–H groups in total. The van der Waals surface area contributed by atoms with Crippen molar-refractivity contribution in [1.82, 2.24) is 5.32 Å². The quantitative estimate of drug-likeness (QED) is 0.872. The summed E-state index contributed by atoms with van der Waals surface area (Å²) in [6.07, 6.45) is 0.112. The summed E-state index contributed by atoms with van der Waals surface area (Å²) in [5, 5.41) is 12.8. The normalized spacial score (nSPS) is 24.2. The topological polar surface area (TPSA) is 67.8 Å². The second-order valence-electron chi connectivity index (χ2n) is 5.75. The summed E-state index contributed by atoms with van der Waals surface area (Å²) in [5.41, 5.74) is 2.24. The van der Waals surface area contributed by atoms with Gasteiger partial charge in [0.05, 0.1) is 0 Å². The Kier molecular flexibility index (Phi) is 3.89. The molecule has 0 aromatic heterocycles. The van der Waals surface area contributed by atoms with E-state index in [-0.39, 0.29) is 11.7 Å². The van der Waals surface area contributed by atoms with E-state index in [4.69, 9.17) is 9.47 Å². The Hall–Kier alpha value is -1.75. The number of carbonyl (C=O) groups excluding carboxylic acids is 1. The molecule has 5 heteroatoms. The minimum absolute atomic E-state index is 0.220. The van der Waals surface area contributed by atoms with Crippen molar-refractivity contribution in [2.45, 2.75) is 45.8 Å². The molecule has 21 heavy (non-hydrogen) atoms. The van der Waals surface area contributed by atoms with Crippen LogP contribution in [0.2, 0.25) is 0 Å². The molecule has 0 bridgehead atoms. The molecule has 0 radical (unpaired) electrons. The maximum atomic E-state index is 12.3. The number of amides is 1. The highest BCUT2D eigenvalue weighted by Crippen LogP contribution is 2.43. The number of hydrogen-bond acceptors (Lipinski definition) is 4. The number of aromatic hydroxyl groups is 1. The van der Waals surface area contributed by atoms with E-state index in [0.717, 1.165) is 22.3 Å². The molecule has 2 atom stereocenters. The van der Waals surface area contributed by atoms with Crippen molar-refractivity contribution in [2.75, 3.05) is 14.2 Å². The number of carbonyl (C=O) groups is 1. The van der Waals surface area contributed by atoms with Gasteiger partial charge in [0.25, 0.3) is 5.91 Å². The lowest BCUT2D eigenvalue weighted by atomic mass is 9.84. The Morgan fingerprint density at radius 3 is 2.48 bits per heavy atom. The smallest absolute Gasteiger partial charge is 0.266 e. The van der Waals surface area contributed by atoms with Gasteiger partial charge < -0.3 is 19.9 Å². The van der Waals surface area contributed by atoms with Crippen LogP contribution in [0.4, 0.5) is 0 Å². The van der Waals surface area contributed by atoms with Gasteiger partial charge in [-0.15, -0.1) is 0 Å². The third-order valence-corrected chi connectivity index (χ3v) is 4.62. The molecule has 1 amide bonds. The lowest BCUT2D eigenvalue weighted by Crippen LogP contribution is -2.59. The van der Waals surface area contributed by atoms with Crippen molar-refractivity contribution in [1.29, 1.82) is 0 Å². The van der Waals surface area contributed by atoms with E-state index < -0.39 is 11.7 Å². The van der Waals surface area contributed by atoms with Crippen LogP contribution in [0, 0.1) is 20.8 Å². The number of phenolic OH excluding ortho intramolecular Hbond substituents is 1. The molecule has 1 aromatic carbocycles. The summed E-state index contributed by atoms with van der Waals surface area (Å²) in [6.45, 7) is 7.34. The molecule has 1 heterocycles. The monoisotopic (exact) mass is 293 g/mol. The van der Waals surface area contributed by atoms with Crippen molar-refractivity contribution in [2.24, 2.45) is 0 Å². The van der Waals surface area contributed by atoms with Crippen LogP contribution in [0.25, 0.3) is 0 Å². The summed E-state index contributed by atoms with van der Waals surface area (Å²) in [5.74, 6) is 0.748. The first-order valence-electron chi connectivity index (χ1n) is 7.03. The van der Waals surface area contributed by atoms with Gasteiger partial charge in [-0.2, -0.15) is 0 Å². The van der Waals surface area contributed by atoms with Crippen LogP contribution in [-0.4, -0.2) is 36.9 Å². The van der Waals surface area contributed by atoms with Gasteiger partial charge in [-0.25, -0.2) is 0 Å². The molecule has 116 valence electrons. The Morgan fingerprint density at radius 2 is 1.95 bits per heavy atom. The summed E-state index contributed by atoms with van der Waals surface area (Å²) >= 11 is 0. The van der Waals surface area contributed by atoms with Crippen LogP contribution in [-0.2, 0) is 16.0 Å². The van der Waals surface area contributed by atoms with E-state index in [0.29, 0.717) is 12.2 Å². The van der Waals surface area contributed by atoms with Crippen LogP contribution in [0.5, 0.6) is 11.5 Å². The predicted octanol–water partition coefficient (Wildman–Crippen LogP) is 1.77. The molecule has 5 nitrogen and oxygen atoms in total. The van der Waals surface area contributed by atoms with Crippen molar-refractivity contribution >= 4 is 5.91 Å². The summed E-state index contributed by atoms with van der Waals surface area (Å²) in [7, 11) is 3.15. The number of ether oxygens (including phenoxy) is 2. The summed E-state index contributed by atoms with van der Waals surface area (Å²) in [4.78, 5) is 12.3. The van der Waals surface area contributed by atoms with Gasteiger partial charge in [0.15, 0.2) is 0 Å². The van der Waals surface area contributed by atoms with Crippen molar-refractivity contribution < 1.29 is 19.4 Å². The molecule has 1 aromatic rings. The summed E-state index contributed by atoms with van der Waals surface area (Å²) in [6, 6.07) is 0. The average Bonchev–Trinajstić information content (AvgIpc) is 2.49. The molecular formula is C16H23NO4. The van der Waals surface area contributed by atoms with Crippen molar-refractivity contribution in [3.8, 4) is 11.5 Å². The highest BCUT2D eigenvalue weighted by molar-refractivity contribution is 5.86. The first-order valence-corrected chi connectivity index (χ1v) is 7.03. The van der Waals surface area contributed by atoms with Gasteiger partial charge in [0.1, 0.15) is 17.6 Å². The zero-order valence-corrected chi connectivity index (χ0v) is 13.5. The number of fused-ring (bicyclic) bond motifs is 1. The fourth-order valence-electron chi connectivity index (χ4n) is 2.96. The largest absolute Gasteiger partial charge is 0.507 e. The lowest BCUT2D eigenvalue weighted by Gasteiger charge is -2.41. The number of nitrogens with one attached hydrogen (secondary N) is 1. The van der Waals surface area contributed by atoms with Crippen molar-refractivity contribution in [3.05, 3.63) is 22.3 Å². The van der Waals surface area contributed by atoms with E-state index >= 15 is 0 Å². The Balaban J connectivity index is 2.64. The molecule has 0 saturated carbocycles. The fourth-order valence-corrected chi connectivity index (χ4v) is 2.96. The number of benzene rings is 1. The molecule has 1 aliphatic rings. The van der Waals surface area contributed by atoms with Crippen molar-refractivity contribution in [3.63, 3.8) is 0 Å². The zero-order chi connectivity index (χ0) is 15.9. The fraction of sp³-hybridized carbons (Fsp3) is 0.562. The molecule has 0 fully saturated rings. The first kappa shape index (κ1) is 15.6. The zero-order valence-electron chi connectivity index (χ0n) is 13.5. The van der Waals surface area contributed by atoms with Gasteiger partial charge in [0.2, 0.25) is 5.60 Å². The van der Waals surface area contributed by atoms with Crippen LogP contribution >= 0.6 is 0 Å². The number of likely N-dealkylation sites (N-methyl/N-ethyl adjacent to an activating group) is 1. The van der Waals surface area contributed by atoms with E-state index in [1.54, 1.807) is 21.1 Å². The Morgan fingerprint density at radius 1 is 1.33 bits per heavy atom. The van der Waals surface area contributed by atoms with Gasteiger partial charge in [-0.1, -0.05) is 0 Å². The summed E-state index contributed by atoms with van der Waals surface area (Å²) < 4.78 is 11.6. The molecule has 2 unspecified atom stereocenters. The standard InChI is InChI=1S/C16H23NO4/c1-8-9(2)14-11(10(3)13(8)18)7-12(20-6)16(4,21-14)15(19)17-5/h12,18H,7H2,1-6H3,(H,17,19). The predicted molar refractivity (Wildman–Crippen MR) is 79.9 cm³/mol. The maximum Gasteiger partial charge on any atom is 0.266 e. The van der Waals surface area contributed by atoms with Crippen LogP contribution < -0.4 is 10.1 Å². The third-order valence-electron chi connectivity index (χ3n) is 4.62. The highest BCUT2D eigenvalue weighted by atomic mass is 16.6. The second-order valence-corrected chi connectivity index (χ2v) is 5.75. The molecule has 0 saturated heterocycles. The van der Waals surface area contributed by atoms with Gasteiger partial charge >= 0.3 is 0 Å². The minimum Gasteiger partial charge on any atom is -0.507 e. The number of phenols is 1. The van der Waals surface area contributed by atoms with E-state index in [9.17, 15) is 9.90 Å². The van der Waals surface area contributed by atoms with Gasteiger partial charge in [-0.3, -0.25) is 4.79 Å². The van der Waals surface area contributed by atoms with E-state index in [1.165, 1.54) is 0 Å². The molecular weight excluding hydrogens is 270 g/mol. The Labute approximate surface area is 125 Å². The van der Waals surface area contributed by atoms with Gasteiger partial charge in [-0.05, 0) is 44.4 Å². The second kappa shape index (κ2) is 5.22. The lowest BCUT2D eigenvalue weighted by molar-refractivity contribution is -0.150. The number of methoxy groups -OCH3 is 1. The number of rotatable bonds is 2. The maximum absolute atomic E-state index is 12.3. The van der Waals surface area contributed by atoms with Gasteiger partial charge in [0, 0.05) is 26.1 Å².